The highest BCUT2D eigenvalue weighted by molar-refractivity contribution is 14.1. The second kappa shape index (κ2) is 5.81. The molecule has 2 nitrogen and oxygen atoms in total. The van der Waals surface area contributed by atoms with Crippen molar-refractivity contribution in [3.05, 3.63) is 32.9 Å². The van der Waals surface area contributed by atoms with Gasteiger partial charge in [0.15, 0.2) is 0 Å². The zero-order chi connectivity index (χ0) is 14.0. The van der Waals surface area contributed by atoms with E-state index < -0.39 is 0 Å². The average Bonchev–Trinajstić information content (AvgIpc) is 2.42. The third-order valence-corrected chi connectivity index (χ3v) is 5.97. The van der Waals surface area contributed by atoms with Crippen molar-refractivity contribution in [3.8, 4) is 0 Å². The second-order valence-electron chi connectivity index (χ2n) is 5.89. The molecule has 1 saturated heterocycles. The van der Waals surface area contributed by atoms with Gasteiger partial charge in [-0.2, -0.15) is 0 Å². The summed E-state index contributed by atoms with van der Waals surface area (Å²) in [5.41, 5.74) is 2.47. The quantitative estimate of drug-likeness (QED) is 0.712. The molecule has 0 aromatic heterocycles. The van der Waals surface area contributed by atoms with Crippen LogP contribution in [-0.2, 0) is 0 Å². The van der Waals surface area contributed by atoms with Crippen molar-refractivity contribution < 1.29 is 4.79 Å². The largest absolute Gasteiger partial charge is 0.339 e. The van der Waals surface area contributed by atoms with E-state index in [0.29, 0.717) is 5.41 Å². The molecule has 1 aromatic rings. The average molecular weight is 371 g/mol. The number of hydrogen-bond donors (Lipinski definition) is 0. The Labute approximate surface area is 129 Å². The third kappa shape index (κ3) is 3.12. The summed E-state index contributed by atoms with van der Waals surface area (Å²) >= 11 is 2.28. The molecule has 0 unspecified atom stereocenters. The maximum Gasteiger partial charge on any atom is 0.254 e. The minimum atomic E-state index is 0.200. The zero-order valence-corrected chi connectivity index (χ0v) is 14.2. The van der Waals surface area contributed by atoms with Crippen LogP contribution >= 0.6 is 22.6 Å². The van der Waals surface area contributed by atoms with Gasteiger partial charge in [0.2, 0.25) is 0 Å². The van der Waals surface area contributed by atoms with Crippen LogP contribution in [0, 0.1) is 15.9 Å². The zero-order valence-electron chi connectivity index (χ0n) is 12.0. The maximum atomic E-state index is 12.6. The summed E-state index contributed by atoms with van der Waals surface area (Å²) in [4.78, 5) is 14.6. The molecule has 3 heteroatoms. The SMILES string of the molecule is CCC1(C)CCN(C(=O)c2cccc(C)c2I)CC1. The Morgan fingerprint density at radius 1 is 1.37 bits per heavy atom. The van der Waals surface area contributed by atoms with Gasteiger partial charge >= 0.3 is 0 Å². The second-order valence-corrected chi connectivity index (χ2v) is 6.97. The van der Waals surface area contributed by atoms with E-state index in [1.165, 1.54) is 12.0 Å². The first kappa shape index (κ1) is 14.8. The molecule has 1 aliphatic heterocycles. The Morgan fingerprint density at radius 3 is 2.58 bits per heavy atom. The molecule has 0 saturated carbocycles. The van der Waals surface area contributed by atoms with Crippen molar-refractivity contribution in [1.82, 2.24) is 4.90 Å². The van der Waals surface area contributed by atoms with Crippen LogP contribution in [-0.4, -0.2) is 23.9 Å². The lowest BCUT2D eigenvalue weighted by Gasteiger charge is -2.39. The van der Waals surface area contributed by atoms with Crippen molar-refractivity contribution in [2.24, 2.45) is 5.41 Å². The van der Waals surface area contributed by atoms with Crippen LogP contribution in [0.5, 0.6) is 0 Å². The third-order valence-electron chi connectivity index (χ3n) is 4.53. The molecule has 2 rings (SSSR count). The minimum absolute atomic E-state index is 0.200. The van der Waals surface area contributed by atoms with Crippen LogP contribution in [0.4, 0.5) is 0 Å². The van der Waals surface area contributed by atoms with Gasteiger partial charge in [-0.15, -0.1) is 0 Å². The first-order valence-electron chi connectivity index (χ1n) is 7.01. The van der Waals surface area contributed by atoms with Crippen molar-refractivity contribution in [1.29, 1.82) is 0 Å². The summed E-state index contributed by atoms with van der Waals surface area (Å²) in [6.07, 6.45) is 3.45. The Balaban J connectivity index is 2.12. The molecule has 104 valence electrons. The van der Waals surface area contributed by atoms with Gasteiger partial charge in [-0.3, -0.25) is 4.79 Å². The lowest BCUT2D eigenvalue weighted by Crippen LogP contribution is -2.42. The van der Waals surface area contributed by atoms with E-state index in [2.05, 4.69) is 49.4 Å². The van der Waals surface area contributed by atoms with Gasteiger partial charge in [-0.05, 0) is 59.4 Å². The van der Waals surface area contributed by atoms with Gasteiger partial charge in [0.1, 0.15) is 0 Å². The van der Waals surface area contributed by atoms with Crippen molar-refractivity contribution in [2.75, 3.05) is 13.1 Å². The number of rotatable bonds is 2. The Morgan fingerprint density at radius 2 is 2.00 bits per heavy atom. The van der Waals surface area contributed by atoms with Gasteiger partial charge in [-0.25, -0.2) is 0 Å². The van der Waals surface area contributed by atoms with Crippen LogP contribution in [0.25, 0.3) is 0 Å². The highest BCUT2D eigenvalue weighted by Crippen LogP contribution is 2.34. The molecule has 0 spiro atoms. The number of likely N-dealkylation sites (tertiary alicyclic amines) is 1. The van der Waals surface area contributed by atoms with Crippen molar-refractivity contribution >= 4 is 28.5 Å². The molecule has 19 heavy (non-hydrogen) atoms. The van der Waals surface area contributed by atoms with Gasteiger partial charge in [0.25, 0.3) is 5.91 Å². The van der Waals surface area contributed by atoms with Gasteiger partial charge in [0, 0.05) is 16.7 Å². The first-order valence-corrected chi connectivity index (χ1v) is 8.09. The lowest BCUT2D eigenvalue weighted by atomic mass is 9.78. The number of aryl methyl sites for hydroxylation is 1. The number of benzene rings is 1. The normalized spacial score (nSPS) is 18.4. The molecule has 1 aromatic carbocycles. The number of carbonyl (C=O) groups is 1. The molecule has 1 amide bonds. The van der Waals surface area contributed by atoms with Crippen LogP contribution in [0.3, 0.4) is 0 Å². The minimum Gasteiger partial charge on any atom is -0.339 e. The van der Waals surface area contributed by atoms with Crippen LogP contribution in [0.1, 0.15) is 49.0 Å². The summed E-state index contributed by atoms with van der Waals surface area (Å²) in [5, 5.41) is 0. The molecule has 0 atom stereocenters. The fourth-order valence-corrected chi connectivity index (χ4v) is 3.18. The highest BCUT2D eigenvalue weighted by atomic mass is 127. The maximum absolute atomic E-state index is 12.6. The summed E-state index contributed by atoms with van der Waals surface area (Å²) in [6.45, 7) is 8.44. The van der Waals surface area contributed by atoms with E-state index in [1.54, 1.807) is 0 Å². The van der Waals surface area contributed by atoms with Crippen molar-refractivity contribution in [2.45, 2.75) is 40.0 Å². The Hall–Kier alpha value is -0.580. The number of amides is 1. The number of piperidine rings is 1. The van der Waals surface area contributed by atoms with E-state index in [0.717, 1.165) is 35.1 Å². The number of halogens is 1. The number of hydrogen-bond acceptors (Lipinski definition) is 1. The summed E-state index contributed by atoms with van der Waals surface area (Å²) < 4.78 is 1.09. The van der Waals surface area contributed by atoms with Crippen LogP contribution in [0.2, 0.25) is 0 Å². The molecule has 1 heterocycles. The summed E-state index contributed by atoms with van der Waals surface area (Å²) in [7, 11) is 0. The lowest BCUT2D eigenvalue weighted by molar-refractivity contribution is 0.0599. The van der Waals surface area contributed by atoms with Crippen LogP contribution < -0.4 is 0 Å². The van der Waals surface area contributed by atoms with E-state index in [-0.39, 0.29) is 5.91 Å². The molecule has 1 aliphatic rings. The fraction of sp³-hybridized carbons (Fsp3) is 0.562. The Bertz CT molecular complexity index is 476. The van der Waals surface area contributed by atoms with Crippen molar-refractivity contribution in [3.63, 3.8) is 0 Å². The van der Waals surface area contributed by atoms with E-state index in [9.17, 15) is 4.79 Å². The Kier molecular flexibility index (Phi) is 4.54. The molecule has 0 N–H and O–H groups in total. The van der Waals surface area contributed by atoms with Gasteiger partial charge in [-0.1, -0.05) is 32.4 Å². The van der Waals surface area contributed by atoms with Crippen LogP contribution in [0.15, 0.2) is 18.2 Å². The van der Waals surface area contributed by atoms with Gasteiger partial charge in [0.05, 0.1) is 5.56 Å². The van der Waals surface area contributed by atoms with E-state index in [4.69, 9.17) is 0 Å². The summed E-state index contributed by atoms with van der Waals surface area (Å²) in [5.74, 6) is 0.200. The molecular weight excluding hydrogens is 349 g/mol. The topological polar surface area (TPSA) is 20.3 Å². The number of nitrogens with zero attached hydrogens (tertiary/aromatic N) is 1. The predicted octanol–water partition coefficient (Wildman–Crippen LogP) is 4.25. The fourth-order valence-electron chi connectivity index (χ4n) is 2.59. The first-order chi connectivity index (χ1) is 8.97. The highest BCUT2D eigenvalue weighted by Gasteiger charge is 2.31. The predicted molar refractivity (Wildman–Crippen MR) is 87.4 cm³/mol. The monoisotopic (exact) mass is 371 g/mol. The molecular formula is C16H22INO. The van der Waals surface area contributed by atoms with E-state index in [1.807, 2.05) is 17.0 Å². The van der Waals surface area contributed by atoms with Gasteiger partial charge < -0.3 is 4.90 Å². The standard InChI is InChI=1S/C16H22INO/c1-4-16(3)8-10-18(11-9-16)15(19)13-7-5-6-12(2)14(13)17/h5-7H,4,8-11H2,1-3H3. The molecule has 0 aliphatic carbocycles. The smallest absolute Gasteiger partial charge is 0.254 e. The van der Waals surface area contributed by atoms with E-state index >= 15 is 0 Å². The molecule has 0 bridgehead atoms. The summed E-state index contributed by atoms with van der Waals surface area (Å²) in [6, 6.07) is 5.98. The molecule has 1 fully saturated rings. The number of carbonyl (C=O) groups excluding carboxylic acids is 1. The molecule has 0 radical (unpaired) electrons.